The van der Waals surface area contributed by atoms with E-state index < -0.39 is 17.1 Å². The summed E-state index contributed by atoms with van der Waals surface area (Å²) < 4.78 is 1.44. The molecule has 1 N–H and O–H groups in total. The lowest BCUT2D eigenvalue weighted by molar-refractivity contribution is -0.122. The number of rotatable bonds is 6. The van der Waals surface area contributed by atoms with E-state index in [9.17, 15) is 19.2 Å². The second kappa shape index (κ2) is 10.9. The van der Waals surface area contributed by atoms with Crippen LogP contribution in [0.25, 0.3) is 0 Å². The zero-order valence-electron chi connectivity index (χ0n) is 23.7. The summed E-state index contributed by atoms with van der Waals surface area (Å²) in [6.07, 6.45) is 0. The molecule has 4 aromatic rings. The monoisotopic (exact) mass is 598 g/mol. The number of hydrogen-bond donors (Lipinski definition) is 1. The van der Waals surface area contributed by atoms with E-state index in [4.69, 9.17) is 0 Å². The number of carbonyl (C=O) groups excluding carboxylic acids is 3. The fraction of sp³-hybridized carbons (Fsp3) is 0.250. The third-order valence-electron chi connectivity index (χ3n) is 7.75. The van der Waals surface area contributed by atoms with Gasteiger partial charge >= 0.3 is 4.87 Å². The molecule has 0 radical (unpaired) electrons. The molecular formula is C32H30N4O4S2. The highest BCUT2D eigenvalue weighted by Crippen LogP contribution is 2.54. The van der Waals surface area contributed by atoms with Crippen molar-refractivity contribution in [3.05, 3.63) is 104 Å². The molecule has 10 heteroatoms. The van der Waals surface area contributed by atoms with Crippen molar-refractivity contribution in [2.75, 3.05) is 29.2 Å². The van der Waals surface area contributed by atoms with Gasteiger partial charge < -0.3 is 10.2 Å². The Morgan fingerprint density at radius 1 is 0.857 bits per heavy atom. The summed E-state index contributed by atoms with van der Waals surface area (Å²) in [5.74, 6) is -2.12. The van der Waals surface area contributed by atoms with Gasteiger partial charge in [0.25, 0.3) is 0 Å². The summed E-state index contributed by atoms with van der Waals surface area (Å²) in [5, 5.41) is 2.70. The Morgan fingerprint density at radius 3 is 2.10 bits per heavy atom. The molecule has 0 aliphatic carbocycles. The second-order valence-corrected chi connectivity index (χ2v) is 13.0. The number of carbonyl (C=O) groups is 3. The van der Waals surface area contributed by atoms with Crippen molar-refractivity contribution in [1.29, 1.82) is 0 Å². The van der Waals surface area contributed by atoms with E-state index >= 15 is 0 Å². The van der Waals surface area contributed by atoms with E-state index in [-0.39, 0.29) is 29.1 Å². The van der Waals surface area contributed by atoms with Crippen LogP contribution in [0.15, 0.2) is 82.6 Å². The predicted octanol–water partition coefficient (Wildman–Crippen LogP) is 5.03. The van der Waals surface area contributed by atoms with E-state index in [1.165, 1.54) is 21.2 Å². The number of anilines is 3. The molecular weight excluding hydrogens is 569 g/mol. The first kappa shape index (κ1) is 28.0. The van der Waals surface area contributed by atoms with Gasteiger partial charge in [0, 0.05) is 36.3 Å². The highest BCUT2D eigenvalue weighted by molar-refractivity contribution is 8.00. The number of benzene rings is 3. The van der Waals surface area contributed by atoms with Crippen molar-refractivity contribution < 1.29 is 14.4 Å². The van der Waals surface area contributed by atoms with Gasteiger partial charge in [-0.3, -0.25) is 23.7 Å². The van der Waals surface area contributed by atoms with Crippen LogP contribution in [0.4, 0.5) is 17.1 Å². The third-order valence-corrected chi connectivity index (χ3v) is 10.4. The van der Waals surface area contributed by atoms with Gasteiger partial charge in [-0.05, 0) is 55.8 Å². The smallest absolute Gasteiger partial charge is 0.308 e. The minimum absolute atomic E-state index is 0.195. The molecule has 3 amide bonds. The van der Waals surface area contributed by atoms with Crippen LogP contribution >= 0.6 is 23.1 Å². The summed E-state index contributed by atoms with van der Waals surface area (Å²) in [4.78, 5) is 58.0. The average Bonchev–Trinajstić information content (AvgIpc) is 3.41. The van der Waals surface area contributed by atoms with E-state index in [1.54, 1.807) is 12.1 Å². The van der Waals surface area contributed by atoms with Gasteiger partial charge in [0.15, 0.2) is 0 Å². The second-order valence-electron chi connectivity index (χ2n) is 10.9. The van der Waals surface area contributed by atoms with Crippen molar-refractivity contribution >= 4 is 57.9 Å². The van der Waals surface area contributed by atoms with Gasteiger partial charge in [-0.15, -0.1) is 0 Å². The fourth-order valence-corrected chi connectivity index (χ4v) is 8.30. The molecule has 3 aromatic carbocycles. The lowest BCUT2D eigenvalue weighted by Crippen LogP contribution is -2.33. The molecule has 3 heterocycles. The number of fused-ring (bicyclic) bond motifs is 2. The Bertz CT molecular complexity index is 1740. The number of nitrogens with zero attached hydrogens (tertiary/aromatic N) is 3. The predicted molar refractivity (Wildman–Crippen MR) is 168 cm³/mol. The number of thioether (sulfide) groups is 1. The van der Waals surface area contributed by atoms with Gasteiger partial charge in [0.2, 0.25) is 17.7 Å². The average molecular weight is 599 g/mol. The van der Waals surface area contributed by atoms with Crippen molar-refractivity contribution in [3.8, 4) is 0 Å². The number of hydrogen-bond acceptors (Lipinski definition) is 7. The maximum Gasteiger partial charge on any atom is 0.308 e. The van der Waals surface area contributed by atoms with Crippen LogP contribution in [0.1, 0.15) is 27.5 Å². The third kappa shape index (κ3) is 4.94. The number of amides is 3. The molecule has 1 aromatic heterocycles. The standard InChI is InChI=1S/C32H30N4O4S2/c1-18-5-11-21(12-6-18)33-24(37)17-35-31-28(42-32(35)40)25(20-9-15-22(16-10-20)34(3)4)26-27(41-31)30(39)36(29(26)38)23-13-7-19(2)8-14-23/h5-16,25-27H,17H2,1-4H3,(H,33,37)/t25-,26?,27?/m1/s1. The van der Waals surface area contributed by atoms with Crippen LogP contribution in [0, 0.1) is 19.8 Å². The molecule has 0 saturated carbocycles. The molecule has 8 nitrogen and oxygen atoms in total. The maximum atomic E-state index is 14.0. The molecule has 2 aliphatic heterocycles. The van der Waals surface area contributed by atoms with Gasteiger partial charge in [-0.1, -0.05) is 70.6 Å². The van der Waals surface area contributed by atoms with Crippen molar-refractivity contribution in [2.45, 2.75) is 36.6 Å². The first-order valence-corrected chi connectivity index (χ1v) is 15.3. The van der Waals surface area contributed by atoms with Crippen LogP contribution in [0.3, 0.4) is 0 Å². The molecule has 42 heavy (non-hydrogen) atoms. The largest absolute Gasteiger partial charge is 0.378 e. The molecule has 3 atom stereocenters. The Kier molecular flexibility index (Phi) is 7.28. The molecule has 1 saturated heterocycles. The molecule has 2 unspecified atom stereocenters. The highest BCUT2D eigenvalue weighted by Gasteiger charge is 2.56. The van der Waals surface area contributed by atoms with E-state index in [2.05, 4.69) is 5.32 Å². The lowest BCUT2D eigenvalue weighted by atomic mass is 9.83. The number of thiazole rings is 1. The molecule has 214 valence electrons. The summed E-state index contributed by atoms with van der Waals surface area (Å²) in [7, 11) is 3.90. The van der Waals surface area contributed by atoms with E-state index in [0.29, 0.717) is 21.3 Å². The van der Waals surface area contributed by atoms with Gasteiger partial charge in [0.1, 0.15) is 11.8 Å². The Morgan fingerprint density at radius 2 is 1.48 bits per heavy atom. The molecule has 0 spiro atoms. The Balaban J connectivity index is 1.41. The first-order chi connectivity index (χ1) is 20.1. The maximum absolute atomic E-state index is 14.0. The highest BCUT2D eigenvalue weighted by atomic mass is 32.2. The number of aryl methyl sites for hydroxylation is 2. The van der Waals surface area contributed by atoms with Gasteiger partial charge in [-0.2, -0.15) is 0 Å². The van der Waals surface area contributed by atoms with Crippen molar-refractivity contribution in [3.63, 3.8) is 0 Å². The molecule has 2 aliphatic rings. The minimum Gasteiger partial charge on any atom is -0.378 e. The van der Waals surface area contributed by atoms with Crippen molar-refractivity contribution in [1.82, 2.24) is 4.57 Å². The SMILES string of the molecule is Cc1ccc(NC(=O)Cn2c3c(sc2=O)[C@H](c2ccc(N(C)C)cc2)C2C(=O)N(c4ccc(C)cc4)C(=O)C2S3)cc1. The topological polar surface area (TPSA) is 91.7 Å². The zero-order valence-corrected chi connectivity index (χ0v) is 25.3. The van der Waals surface area contributed by atoms with Crippen LogP contribution in [-0.4, -0.2) is 41.6 Å². The summed E-state index contributed by atoms with van der Waals surface area (Å²) in [6.45, 7) is 3.72. The molecule has 6 rings (SSSR count). The van der Waals surface area contributed by atoms with Crippen LogP contribution in [-0.2, 0) is 20.9 Å². The fourth-order valence-electron chi connectivity index (χ4n) is 5.52. The van der Waals surface area contributed by atoms with Crippen molar-refractivity contribution in [2.24, 2.45) is 5.92 Å². The zero-order chi connectivity index (χ0) is 29.7. The first-order valence-electron chi connectivity index (χ1n) is 13.6. The van der Waals surface area contributed by atoms with E-state index in [1.807, 2.05) is 93.5 Å². The number of aromatic nitrogens is 1. The van der Waals surface area contributed by atoms with Crippen LogP contribution in [0.2, 0.25) is 0 Å². The summed E-state index contributed by atoms with van der Waals surface area (Å²) in [6, 6.07) is 22.6. The van der Waals surface area contributed by atoms with Crippen LogP contribution in [0.5, 0.6) is 0 Å². The summed E-state index contributed by atoms with van der Waals surface area (Å²) in [5.41, 5.74) is 5.11. The van der Waals surface area contributed by atoms with Crippen LogP contribution < -0.4 is 20.0 Å². The molecule has 1 fully saturated rings. The number of nitrogens with one attached hydrogen (secondary N) is 1. The minimum atomic E-state index is -0.731. The lowest BCUT2D eigenvalue weighted by Gasteiger charge is -2.31. The molecule has 0 bridgehead atoms. The Labute approximate surface area is 252 Å². The van der Waals surface area contributed by atoms with Gasteiger partial charge in [0.05, 0.1) is 16.6 Å². The Hall–Kier alpha value is -4.15. The summed E-state index contributed by atoms with van der Waals surface area (Å²) >= 11 is 2.26. The normalized spacial score (nSPS) is 19.4. The quantitative estimate of drug-likeness (QED) is 0.313. The number of imide groups is 1. The van der Waals surface area contributed by atoms with Gasteiger partial charge in [-0.25, -0.2) is 4.90 Å². The van der Waals surface area contributed by atoms with E-state index in [0.717, 1.165) is 33.7 Å².